The standard InChI is InChI=1S/C21H19ClN4O3/c1-24(13-15-12-23-26(14-15)17-5-3-2-4-6-17)20(27)9-10-25-18-8-7-16(22)11-19(18)29-21(25)28/h2-8,11-12,14H,9-10,13H2,1H3. The number of hydrogen-bond acceptors (Lipinski definition) is 4. The van der Waals surface area contributed by atoms with E-state index in [0.717, 1.165) is 11.3 Å². The number of fused-ring (bicyclic) bond motifs is 1. The highest BCUT2D eigenvalue weighted by Gasteiger charge is 2.14. The Labute approximate surface area is 171 Å². The van der Waals surface area contributed by atoms with Gasteiger partial charge in [-0.2, -0.15) is 5.10 Å². The number of halogens is 1. The molecule has 0 saturated carbocycles. The van der Waals surface area contributed by atoms with E-state index in [1.54, 1.807) is 41.0 Å². The Hall–Kier alpha value is -3.32. The van der Waals surface area contributed by atoms with E-state index >= 15 is 0 Å². The van der Waals surface area contributed by atoms with Crippen LogP contribution in [0.2, 0.25) is 5.02 Å². The molecule has 2 heterocycles. The molecule has 0 aliphatic carbocycles. The summed E-state index contributed by atoms with van der Waals surface area (Å²) in [4.78, 5) is 26.3. The lowest BCUT2D eigenvalue weighted by atomic mass is 10.3. The number of aryl methyl sites for hydroxylation is 1. The number of benzene rings is 2. The number of hydrogen-bond donors (Lipinski definition) is 0. The number of amides is 1. The van der Waals surface area contributed by atoms with Crippen LogP contribution in [0.5, 0.6) is 0 Å². The smallest absolute Gasteiger partial charge is 0.408 e. The van der Waals surface area contributed by atoms with Crippen LogP contribution in [0.3, 0.4) is 0 Å². The van der Waals surface area contributed by atoms with E-state index < -0.39 is 5.76 Å². The van der Waals surface area contributed by atoms with Crippen LogP contribution in [0, 0.1) is 0 Å². The second kappa shape index (κ2) is 7.97. The summed E-state index contributed by atoms with van der Waals surface area (Å²) in [5, 5.41) is 4.84. The lowest BCUT2D eigenvalue weighted by molar-refractivity contribution is -0.130. The van der Waals surface area contributed by atoms with Gasteiger partial charge in [-0.05, 0) is 24.3 Å². The van der Waals surface area contributed by atoms with Crippen molar-refractivity contribution in [3.05, 3.63) is 82.1 Å². The molecular weight excluding hydrogens is 392 g/mol. The Kier molecular flexibility index (Phi) is 5.22. The van der Waals surface area contributed by atoms with Crippen LogP contribution in [0.4, 0.5) is 0 Å². The van der Waals surface area contributed by atoms with Crippen LogP contribution in [-0.4, -0.2) is 32.2 Å². The zero-order chi connectivity index (χ0) is 20.4. The van der Waals surface area contributed by atoms with Gasteiger partial charge in [0.1, 0.15) is 0 Å². The molecule has 0 radical (unpaired) electrons. The Bertz CT molecular complexity index is 1210. The highest BCUT2D eigenvalue weighted by Crippen LogP contribution is 2.18. The normalized spacial score (nSPS) is 11.1. The van der Waals surface area contributed by atoms with Crippen LogP contribution in [0.15, 0.2) is 70.1 Å². The fourth-order valence-electron chi connectivity index (χ4n) is 3.18. The largest absolute Gasteiger partial charge is 0.419 e. The average molecular weight is 411 g/mol. The SMILES string of the molecule is CN(Cc1cnn(-c2ccccc2)c1)C(=O)CCn1c(=O)oc2cc(Cl)ccc21. The third-order valence-corrected chi connectivity index (χ3v) is 4.92. The third-order valence-electron chi connectivity index (χ3n) is 4.68. The third kappa shape index (κ3) is 4.09. The summed E-state index contributed by atoms with van der Waals surface area (Å²) in [6.07, 6.45) is 3.83. The van der Waals surface area contributed by atoms with E-state index in [1.807, 2.05) is 36.5 Å². The summed E-state index contributed by atoms with van der Waals surface area (Å²) in [5.41, 5.74) is 2.92. The monoisotopic (exact) mass is 410 g/mol. The summed E-state index contributed by atoms with van der Waals surface area (Å²) < 4.78 is 8.42. The molecule has 0 saturated heterocycles. The molecule has 1 amide bonds. The minimum Gasteiger partial charge on any atom is -0.408 e. The van der Waals surface area contributed by atoms with Crippen molar-refractivity contribution in [2.75, 3.05) is 7.05 Å². The first-order chi connectivity index (χ1) is 14.0. The number of carbonyl (C=O) groups excluding carboxylic acids is 1. The second-order valence-electron chi connectivity index (χ2n) is 6.76. The van der Waals surface area contributed by atoms with Crippen LogP contribution < -0.4 is 5.76 Å². The molecule has 0 unspecified atom stereocenters. The minimum atomic E-state index is -0.498. The molecule has 0 spiro atoms. The van der Waals surface area contributed by atoms with Crippen molar-refractivity contribution in [2.24, 2.45) is 0 Å². The van der Waals surface area contributed by atoms with Crippen LogP contribution in [0.25, 0.3) is 16.8 Å². The molecule has 0 atom stereocenters. The van der Waals surface area contributed by atoms with Gasteiger partial charge in [0, 0.05) is 49.4 Å². The van der Waals surface area contributed by atoms with Gasteiger partial charge in [0.2, 0.25) is 5.91 Å². The molecule has 29 heavy (non-hydrogen) atoms. The van der Waals surface area contributed by atoms with Crippen molar-refractivity contribution in [3.8, 4) is 5.69 Å². The maximum absolute atomic E-state index is 12.6. The molecule has 4 rings (SSSR count). The second-order valence-corrected chi connectivity index (χ2v) is 7.20. The van der Waals surface area contributed by atoms with Gasteiger partial charge < -0.3 is 9.32 Å². The first-order valence-corrected chi connectivity index (χ1v) is 9.51. The van der Waals surface area contributed by atoms with Crippen molar-refractivity contribution >= 4 is 28.6 Å². The average Bonchev–Trinajstić information content (AvgIpc) is 3.30. The lowest BCUT2D eigenvalue weighted by Crippen LogP contribution is -2.28. The van der Waals surface area contributed by atoms with Gasteiger partial charge in [-0.3, -0.25) is 9.36 Å². The number of rotatable bonds is 6. The summed E-state index contributed by atoms with van der Waals surface area (Å²) >= 11 is 5.93. The van der Waals surface area contributed by atoms with E-state index in [4.69, 9.17) is 16.0 Å². The van der Waals surface area contributed by atoms with Gasteiger partial charge in [0.05, 0.1) is 17.4 Å². The lowest BCUT2D eigenvalue weighted by Gasteiger charge is -2.16. The van der Waals surface area contributed by atoms with Crippen molar-refractivity contribution in [1.29, 1.82) is 0 Å². The molecule has 0 aliphatic rings. The van der Waals surface area contributed by atoms with Gasteiger partial charge >= 0.3 is 5.76 Å². The fourth-order valence-corrected chi connectivity index (χ4v) is 3.34. The molecular formula is C21H19ClN4O3. The molecule has 0 fully saturated rings. The fraction of sp³-hybridized carbons (Fsp3) is 0.190. The number of para-hydroxylation sites is 1. The molecule has 2 aromatic heterocycles. The molecule has 8 heteroatoms. The van der Waals surface area contributed by atoms with Crippen molar-refractivity contribution in [2.45, 2.75) is 19.5 Å². The number of aromatic nitrogens is 3. The van der Waals surface area contributed by atoms with Crippen LogP contribution in [-0.2, 0) is 17.9 Å². The highest BCUT2D eigenvalue weighted by molar-refractivity contribution is 6.31. The summed E-state index contributed by atoms with van der Waals surface area (Å²) in [5.74, 6) is -0.575. The molecule has 0 bridgehead atoms. The maximum Gasteiger partial charge on any atom is 0.419 e. The first kappa shape index (κ1) is 19.0. The molecule has 0 N–H and O–H groups in total. The molecule has 2 aromatic carbocycles. The van der Waals surface area contributed by atoms with Crippen molar-refractivity contribution in [1.82, 2.24) is 19.2 Å². The quantitative estimate of drug-likeness (QED) is 0.487. The molecule has 0 aliphatic heterocycles. The summed E-state index contributed by atoms with van der Waals surface area (Å²) in [6.45, 7) is 0.669. The Morgan fingerprint density at radius 1 is 1.21 bits per heavy atom. The van der Waals surface area contributed by atoms with Gasteiger partial charge in [-0.25, -0.2) is 9.48 Å². The van der Waals surface area contributed by atoms with Crippen LogP contribution >= 0.6 is 11.6 Å². The van der Waals surface area contributed by atoms with E-state index in [1.165, 1.54) is 4.57 Å². The van der Waals surface area contributed by atoms with E-state index in [9.17, 15) is 9.59 Å². The minimum absolute atomic E-state index is 0.0762. The Balaban J connectivity index is 1.40. The number of oxazole rings is 1. The molecule has 4 aromatic rings. The maximum atomic E-state index is 12.6. The zero-order valence-corrected chi connectivity index (χ0v) is 16.5. The van der Waals surface area contributed by atoms with Gasteiger partial charge in [0.15, 0.2) is 5.58 Å². The van der Waals surface area contributed by atoms with E-state index in [-0.39, 0.29) is 18.9 Å². The van der Waals surface area contributed by atoms with Gasteiger partial charge in [0.25, 0.3) is 0 Å². The molecule has 148 valence electrons. The Morgan fingerprint density at radius 2 is 2.00 bits per heavy atom. The Morgan fingerprint density at radius 3 is 2.79 bits per heavy atom. The topological polar surface area (TPSA) is 73.3 Å². The van der Waals surface area contributed by atoms with Crippen molar-refractivity contribution < 1.29 is 9.21 Å². The highest BCUT2D eigenvalue weighted by atomic mass is 35.5. The summed E-state index contributed by atoms with van der Waals surface area (Å²) in [7, 11) is 1.73. The predicted octanol–water partition coefficient (Wildman–Crippen LogP) is 3.48. The first-order valence-electron chi connectivity index (χ1n) is 9.13. The number of nitrogens with zero attached hydrogens (tertiary/aromatic N) is 4. The zero-order valence-electron chi connectivity index (χ0n) is 15.8. The van der Waals surface area contributed by atoms with Crippen LogP contribution in [0.1, 0.15) is 12.0 Å². The van der Waals surface area contributed by atoms with Crippen molar-refractivity contribution in [3.63, 3.8) is 0 Å². The van der Waals surface area contributed by atoms with Gasteiger partial charge in [-0.1, -0.05) is 29.8 Å². The van der Waals surface area contributed by atoms with E-state index in [2.05, 4.69) is 5.10 Å². The summed E-state index contributed by atoms with van der Waals surface area (Å²) in [6, 6.07) is 14.8. The predicted molar refractivity (Wildman–Crippen MR) is 110 cm³/mol. The molecule has 7 nitrogen and oxygen atoms in total. The van der Waals surface area contributed by atoms with Gasteiger partial charge in [-0.15, -0.1) is 0 Å². The van der Waals surface area contributed by atoms with E-state index in [0.29, 0.717) is 22.7 Å². The number of carbonyl (C=O) groups is 1.